The van der Waals surface area contributed by atoms with Crippen LogP contribution in [0, 0.1) is 5.92 Å². The van der Waals surface area contributed by atoms with E-state index in [0.717, 1.165) is 29.9 Å². The van der Waals surface area contributed by atoms with E-state index in [4.69, 9.17) is 0 Å². The van der Waals surface area contributed by atoms with Gasteiger partial charge in [0.05, 0.1) is 0 Å². The average molecular weight is 212 g/mol. The Morgan fingerprint density at radius 1 is 1.38 bits per heavy atom. The molecular weight excluding hydrogens is 200 g/mol. The van der Waals surface area contributed by atoms with Gasteiger partial charge in [0.15, 0.2) is 5.78 Å². The maximum atomic E-state index is 11.9. The third-order valence-electron chi connectivity index (χ3n) is 2.40. The minimum Gasteiger partial charge on any atom is -0.294 e. The van der Waals surface area contributed by atoms with Crippen molar-refractivity contribution < 1.29 is 4.79 Å². The summed E-state index contributed by atoms with van der Waals surface area (Å²) >= 11 is 3.57. The van der Waals surface area contributed by atoms with E-state index in [0.29, 0.717) is 11.7 Å². The summed E-state index contributed by atoms with van der Waals surface area (Å²) in [6, 6.07) is 1.94. The van der Waals surface area contributed by atoms with Gasteiger partial charge in [0.2, 0.25) is 0 Å². The van der Waals surface area contributed by atoms with Crippen LogP contribution in [0.25, 0.3) is 0 Å². The van der Waals surface area contributed by atoms with Crippen LogP contribution < -0.4 is 0 Å². The fourth-order valence-corrected chi connectivity index (χ4v) is 3.35. The molecule has 0 amide bonds. The Labute approximate surface area is 86.5 Å². The average Bonchev–Trinajstić information content (AvgIpc) is 2.71. The molecule has 1 fully saturated rings. The topological polar surface area (TPSA) is 17.1 Å². The van der Waals surface area contributed by atoms with Crippen LogP contribution in [0.4, 0.5) is 0 Å². The first-order valence-corrected chi connectivity index (χ1v) is 6.62. The molecule has 1 aromatic rings. The summed E-state index contributed by atoms with van der Waals surface area (Å²) in [5.41, 5.74) is 0.918. The summed E-state index contributed by atoms with van der Waals surface area (Å²) in [6.45, 7) is 0. The van der Waals surface area contributed by atoms with E-state index in [1.807, 2.05) is 28.6 Å². The molecule has 0 N–H and O–H groups in total. The van der Waals surface area contributed by atoms with Gasteiger partial charge < -0.3 is 0 Å². The first-order valence-electron chi connectivity index (χ1n) is 4.52. The molecule has 70 valence electrons. The minimum absolute atomic E-state index is 0.302. The quantitative estimate of drug-likeness (QED) is 0.701. The number of thiophene rings is 1. The standard InChI is InChI=1S/C10H12OS2/c11-10(9-3-6-13-7-9)8-1-4-12-5-2-8/h3,6-8H,1-2,4-5H2. The molecule has 0 atom stereocenters. The van der Waals surface area contributed by atoms with Gasteiger partial charge in [-0.05, 0) is 35.8 Å². The van der Waals surface area contributed by atoms with Gasteiger partial charge >= 0.3 is 0 Å². The molecule has 2 rings (SSSR count). The zero-order chi connectivity index (χ0) is 9.10. The lowest BCUT2D eigenvalue weighted by atomic mass is 9.94. The van der Waals surface area contributed by atoms with E-state index < -0.39 is 0 Å². The molecule has 0 aromatic carbocycles. The molecule has 0 unspecified atom stereocenters. The van der Waals surface area contributed by atoms with Gasteiger partial charge in [0, 0.05) is 16.9 Å². The van der Waals surface area contributed by atoms with Crippen molar-refractivity contribution in [3.8, 4) is 0 Å². The smallest absolute Gasteiger partial charge is 0.166 e. The molecule has 3 heteroatoms. The van der Waals surface area contributed by atoms with Crippen molar-refractivity contribution in [3.63, 3.8) is 0 Å². The van der Waals surface area contributed by atoms with Gasteiger partial charge in [0.1, 0.15) is 0 Å². The molecule has 2 heterocycles. The van der Waals surface area contributed by atoms with Crippen molar-refractivity contribution in [3.05, 3.63) is 22.4 Å². The highest BCUT2D eigenvalue weighted by molar-refractivity contribution is 7.99. The Bertz CT molecular complexity index is 273. The molecule has 1 aliphatic heterocycles. The maximum Gasteiger partial charge on any atom is 0.166 e. The van der Waals surface area contributed by atoms with E-state index >= 15 is 0 Å². The van der Waals surface area contributed by atoms with Gasteiger partial charge in [-0.3, -0.25) is 4.79 Å². The molecule has 1 aliphatic rings. The molecule has 0 saturated carbocycles. The molecule has 1 nitrogen and oxygen atoms in total. The van der Waals surface area contributed by atoms with Crippen LogP contribution in [0.2, 0.25) is 0 Å². The number of carbonyl (C=O) groups is 1. The maximum absolute atomic E-state index is 11.9. The monoisotopic (exact) mass is 212 g/mol. The molecule has 0 spiro atoms. The fraction of sp³-hybridized carbons (Fsp3) is 0.500. The van der Waals surface area contributed by atoms with E-state index in [1.165, 1.54) is 0 Å². The second-order valence-corrected chi connectivity index (χ2v) is 5.27. The predicted molar refractivity (Wildman–Crippen MR) is 58.7 cm³/mol. The molecule has 13 heavy (non-hydrogen) atoms. The number of Topliss-reactive ketones (excluding diaryl/α,β-unsaturated/α-hetero) is 1. The molecule has 1 aromatic heterocycles. The van der Waals surface area contributed by atoms with Crippen molar-refractivity contribution in [1.82, 2.24) is 0 Å². The summed E-state index contributed by atoms with van der Waals surface area (Å²) < 4.78 is 0. The lowest BCUT2D eigenvalue weighted by Crippen LogP contribution is -2.19. The van der Waals surface area contributed by atoms with E-state index in [1.54, 1.807) is 11.3 Å². The second-order valence-electron chi connectivity index (χ2n) is 3.26. The van der Waals surface area contributed by atoms with Crippen LogP contribution in [0.3, 0.4) is 0 Å². The summed E-state index contributed by atoms with van der Waals surface area (Å²) in [5.74, 6) is 2.97. The summed E-state index contributed by atoms with van der Waals surface area (Å²) in [7, 11) is 0. The van der Waals surface area contributed by atoms with Gasteiger partial charge in [-0.25, -0.2) is 0 Å². The lowest BCUT2D eigenvalue weighted by molar-refractivity contribution is 0.0913. The molecule has 0 radical (unpaired) electrons. The summed E-state index contributed by atoms with van der Waals surface area (Å²) in [6.07, 6.45) is 2.14. The fourth-order valence-electron chi connectivity index (χ4n) is 1.60. The first-order chi connectivity index (χ1) is 6.38. The van der Waals surface area contributed by atoms with Gasteiger partial charge in [-0.1, -0.05) is 0 Å². The van der Waals surface area contributed by atoms with Crippen LogP contribution in [0.15, 0.2) is 16.8 Å². The van der Waals surface area contributed by atoms with Gasteiger partial charge in [-0.2, -0.15) is 23.1 Å². The van der Waals surface area contributed by atoms with Crippen molar-refractivity contribution in [2.45, 2.75) is 12.8 Å². The highest BCUT2D eigenvalue weighted by Gasteiger charge is 2.22. The number of rotatable bonds is 2. The van der Waals surface area contributed by atoms with E-state index in [9.17, 15) is 4.79 Å². The van der Waals surface area contributed by atoms with Crippen molar-refractivity contribution in [2.75, 3.05) is 11.5 Å². The zero-order valence-electron chi connectivity index (χ0n) is 7.36. The highest BCUT2D eigenvalue weighted by atomic mass is 32.2. The Balaban J connectivity index is 2.04. The van der Waals surface area contributed by atoms with E-state index in [2.05, 4.69) is 0 Å². The molecule has 0 aliphatic carbocycles. The third kappa shape index (κ3) is 2.15. The van der Waals surface area contributed by atoms with E-state index in [-0.39, 0.29) is 0 Å². The van der Waals surface area contributed by atoms with Crippen LogP contribution in [-0.2, 0) is 0 Å². The largest absolute Gasteiger partial charge is 0.294 e. The second kappa shape index (κ2) is 4.29. The number of hydrogen-bond acceptors (Lipinski definition) is 3. The van der Waals surface area contributed by atoms with Gasteiger partial charge in [0.25, 0.3) is 0 Å². The number of ketones is 1. The van der Waals surface area contributed by atoms with Gasteiger partial charge in [-0.15, -0.1) is 0 Å². The number of carbonyl (C=O) groups excluding carboxylic acids is 1. The number of hydrogen-bond donors (Lipinski definition) is 0. The van der Waals surface area contributed by atoms with Crippen LogP contribution in [0.5, 0.6) is 0 Å². The normalized spacial score (nSPS) is 18.8. The Morgan fingerprint density at radius 3 is 2.77 bits per heavy atom. The number of thioether (sulfide) groups is 1. The third-order valence-corrected chi connectivity index (χ3v) is 4.13. The minimum atomic E-state index is 0.302. The molecule has 0 bridgehead atoms. The Morgan fingerprint density at radius 2 is 2.15 bits per heavy atom. The predicted octanol–water partition coefficient (Wildman–Crippen LogP) is 3.07. The SMILES string of the molecule is O=C(c1ccsc1)C1CCSCC1. The molecular formula is C10H12OS2. The van der Waals surface area contributed by atoms with Crippen molar-refractivity contribution >= 4 is 28.9 Å². The Kier molecular flexibility index (Phi) is 3.06. The summed E-state index contributed by atoms with van der Waals surface area (Å²) in [5, 5.41) is 3.94. The van der Waals surface area contributed by atoms with Crippen LogP contribution >= 0.6 is 23.1 Å². The highest BCUT2D eigenvalue weighted by Crippen LogP contribution is 2.26. The summed E-state index contributed by atoms with van der Waals surface area (Å²) in [4.78, 5) is 11.9. The zero-order valence-corrected chi connectivity index (χ0v) is 9.00. The first kappa shape index (κ1) is 9.28. The van der Waals surface area contributed by atoms with Crippen molar-refractivity contribution in [1.29, 1.82) is 0 Å². The Hall–Kier alpha value is -0.280. The lowest BCUT2D eigenvalue weighted by Gasteiger charge is -2.19. The van der Waals surface area contributed by atoms with Crippen molar-refractivity contribution in [2.24, 2.45) is 5.92 Å². The van der Waals surface area contributed by atoms with Crippen LogP contribution in [0.1, 0.15) is 23.2 Å². The van der Waals surface area contributed by atoms with Crippen LogP contribution in [-0.4, -0.2) is 17.3 Å². The molecule has 1 saturated heterocycles.